The Kier molecular flexibility index (Phi) is 7.29. The Balaban J connectivity index is 2.28. The second-order valence-corrected chi connectivity index (χ2v) is 17.7. The lowest BCUT2D eigenvalue weighted by atomic mass is 9.92. The van der Waals surface area contributed by atoms with E-state index < -0.39 is 16.4 Å². The third-order valence-electron chi connectivity index (χ3n) is 5.76. The van der Waals surface area contributed by atoms with Crippen molar-refractivity contribution in [2.45, 2.75) is 53.0 Å². The van der Waals surface area contributed by atoms with E-state index in [2.05, 4.69) is 114 Å². The van der Waals surface area contributed by atoms with Crippen LogP contribution in [0.1, 0.15) is 20.8 Å². The maximum absolute atomic E-state index is 6.53. The molecular formula is C24H36OSi2. The van der Waals surface area contributed by atoms with Gasteiger partial charge in [-0.3, -0.25) is 0 Å². The highest BCUT2D eigenvalue weighted by molar-refractivity contribution is 6.90. The van der Waals surface area contributed by atoms with Gasteiger partial charge in [0.1, 0.15) is 0 Å². The fourth-order valence-corrected chi connectivity index (χ4v) is 7.67. The Labute approximate surface area is 168 Å². The molecule has 0 aromatic heterocycles. The van der Waals surface area contributed by atoms with Crippen molar-refractivity contribution in [1.82, 2.24) is 0 Å². The summed E-state index contributed by atoms with van der Waals surface area (Å²) in [6.07, 6.45) is 2.14. The molecule has 3 heteroatoms. The number of hydrogen-bond donors (Lipinski definition) is 0. The Morgan fingerprint density at radius 1 is 0.815 bits per heavy atom. The highest BCUT2D eigenvalue weighted by Crippen LogP contribution is 2.29. The molecule has 0 saturated carbocycles. The maximum atomic E-state index is 6.53. The van der Waals surface area contributed by atoms with Gasteiger partial charge in [0.2, 0.25) is 0 Å². The van der Waals surface area contributed by atoms with E-state index in [1.807, 2.05) is 0 Å². The molecule has 2 aromatic carbocycles. The number of allylic oxidation sites excluding steroid dienone is 1. The van der Waals surface area contributed by atoms with Gasteiger partial charge in [0.25, 0.3) is 8.32 Å². The molecule has 27 heavy (non-hydrogen) atoms. The van der Waals surface area contributed by atoms with Gasteiger partial charge < -0.3 is 4.43 Å². The first-order valence-electron chi connectivity index (χ1n) is 10.1. The summed E-state index contributed by atoms with van der Waals surface area (Å²) in [5, 5.41) is 2.86. The van der Waals surface area contributed by atoms with Crippen molar-refractivity contribution in [3.05, 3.63) is 72.5 Å². The van der Waals surface area contributed by atoms with E-state index in [0.29, 0.717) is 11.8 Å². The van der Waals surface area contributed by atoms with E-state index in [1.165, 1.54) is 15.9 Å². The van der Waals surface area contributed by atoms with E-state index in [-0.39, 0.29) is 0 Å². The highest BCUT2D eigenvalue weighted by atomic mass is 28.4. The third kappa shape index (κ3) is 5.95. The molecule has 146 valence electrons. The predicted molar refractivity (Wildman–Crippen MR) is 125 cm³/mol. The molecule has 0 spiro atoms. The minimum Gasteiger partial charge on any atom is -0.545 e. The van der Waals surface area contributed by atoms with Crippen molar-refractivity contribution in [3.63, 3.8) is 0 Å². The zero-order valence-electron chi connectivity index (χ0n) is 18.1. The second-order valence-electron chi connectivity index (χ2n) is 9.15. The summed E-state index contributed by atoms with van der Waals surface area (Å²) in [7, 11) is -3.50. The topological polar surface area (TPSA) is 9.23 Å². The van der Waals surface area contributed by atoms with Gasteiger partial charge in [-0.25, -0.2) is 0 Å². The SMILES string of the molecule is CC(C)C(C)/C(=C\O[Si](C)(C)c1ccccc1)C[Si](C)(C)c1ccccc1. The molecule has 0 fully saturated rings. The van der Waals surface area contributed by atoms with Crippen LogP contribution in [0.15, 0.2) is 72.5 Å². The Bertz CT molecular complexity index is 733. The standard InChI is InChI=1S/C24H36OSi2/c1-20(2)21(3)22(19-26(4,5)23-14-10-8-11-15-23)18-25-27(6,7)24-16-12-9-13-17-24/h8-18,20-21H,19H2,1-7H3/b22-18-. The van der Waals surface area contributed by atoms with Crippen LogP contribution in [0.3, 0.4) is 0 Å². The summed E-state index contributed by atoms with van der Waals surface area (Å²) in [5.41, 5.74) is 1.47. The van der Waals surface area contributed by atoms with Crippen LogP contribution in [0.25, 0.3) is 0 Å². The summed E-state index contributed by atoms with van der Waals surface area (Å²) < 4.78 is 6.53. The number of hydrogen-bond acceptors (Lipinski definition) is 1. The lowest BCUT2D eigenvalue weighted by Crippen LogP contribution is -2.44. The molecule has 0 amide bonds. The molecule has 0 aliphatic heterocycles. The van der Waals surface area contributed by atoms with E-state index in [9.17, 15) is 0 Å². The lowest BCUT2D eigenvalue weighted by molar-refractivity contribution is 0.433. The van der Waals surface area contributed by atoms with Crippen molar-refractivity contribution in [2.75, 3.05) is 0 Å². The molecule has 2 rings (SSSR count). The van der Waals surface area contributed by atoms with Gasteiger partial charge in [0, 0.05) is 0 Å². The van der Waals surface area contributed by atoms with Crippen molar-refractivity contribution >= 4 is 26.8 Å². The smallest absolute Gasteiger partial charge is 0.276 e. The van der Waals surface area contributed by atoms with Crippen molar-refractivity contribution in [2.24, 2.45) is 11.8 Å². The van der Waals surface area contributed by atoms with E-state index in [1.54, 1.807) is 0 Å². The highest BCUT2D eigenvalue weighted by Gasteiger charge is 2.30. The van der Waals surface area contributed by atoms with Gasteiger partial charge in [0.05, 0.1) is 14.3 Å². The van der Waals surface area contributed by atoms with Crippen LogP contribution in [-0.2, 0) is 4.43 Å². The fourth-order valence-electron chi connectivity index (χ4n) is 3.37. The van der Waals surface area contributed by atoms with Crippen LogP contribution < -0.4 is 10.4 Å². The zero-order chi connectivity index (χ0) is 20.1. The molecule has 0 saturated heterocycles. The van der Waals surface area contributed by atoms with E-state index in [0.717, 1.165) is 6.04 Å². The monoisotopic (exact) mass is 396 g/mol. The molecular weight excluding hydrogens is 360 g/mol. The first kappa shape index (κ1) is 21.7. The molecule has 1 unspecified atom stereocenters. The van der Waals surface area contributed by atoms with Crippen molar-refractivity contribution in [3.8, 4) is 0 Å². The molecule has 0 radical (unpaired) electrons. The Hall–Kier alpha value is -1.59. The average Bonchev–Trinajstić information content (AvgIpc) is 2.66. The summed E-state index contributed by atoms with van der Waals surface area (Å²) >= 11 is 0. The molecule has 0 bridgehead atoms. The summed E-state index contributed by atoms with van der Waals surface area (Å²) in [6.45, 7) is 16.5. The first-order chi connectivity index (χ1) is 12.6. The van der Waals surface area contributed by atoms with Gasteiger partial charge >= 0.3 is 0 Å². The lowest BCUT2D eigenvalue weighted by Gasteiger charge is -2.30. The summed E-state index contributed by atoms with van der Waals surface area (Å²) in [5.74, 6) is 1.14. The van der Waals surface area contributed by atoms with Crippen LogP contribution >= 0.6 is 0 Å². The number of rotatable bonds is 8. The minimum absolute atomic E-state index is 0.529. The van der Waals surface area contributed by atoms with Crippen LogP contribution in [-0.4, -0.2) is 16.4 Å². The van der Waals surface area contributed by atoms with Crippen LogP contribution in [0.4, 0.5) is 0 Å². The summed E-state index contributed by atoms with van der Waals surface area (Å²) in [4.78, 5) is 0. The minimum atomic E-state index is -1.94. The van der Waals surface area contributed by atoms with Gasteiger partial charge in [-0.15, -0.1) is 0 Å². The molecule has 0 heterocycles. The molecule has 1 nitrogen and oxygen atoms in total. The van der Waals surface area contributed by atoms with Crippen LogP contribution in [0.2, 0.25) is 32.2 Å². The Morgan fingerprint density at radius 2 is 1.30 bits per heavy atom. The largest absolute Gasteiger partial charge is 0.545 e. The van der Waals surface area contributed by atoms with E-state index >= 15 is 0 Å². The quantitative estimate of drug-likeness (QED) is 0.398. The Morgan fingerprint density at radius 3 is 1.78 bits per heavy atom. The van der Waals surface area contributed by atoms with Crippen molar-refractivity contribution < 1.29 is 4.43 Å². The summed E-state index contributed by atoms with van der Waals surface area (Å²) in [6, 6.07) is 22.9. The predicted octanol–water partition coefficient (Wildman–Crippen LogP) is 5.91. The van der Waals surface area contributed by atoms with Gasteiger partial charge in [0.15, 0.2) is 0 Å². The average molecular weight is 397 g/mol. The van der Waals surface area contributed by atoms with Crippen molar-refractivity contribution in [1.29, 1.82) is 0 Å². The first-order valence-corrected chi connectivity index (χ1v) is 16.2. The van der Waals surface area contributed by atoms with Gasteiger partial charge in [-0.05, 0) is 41.7 Å². The molecule has 1 atom stereocenters. The molecule has 0 N–H and O–H groups in total. The molecule has 0 aliphatic rings. The van der Waals surface area contributed by atoms with Crippen LogP contribution in [0, 0.1) is 11.8 Å². The fraction of sp³-hybridized carbons (Fsp3) is 0.417. The maximum Gasteiger partial charge on any atom is 0.276 e. The zero-order valence-corrected chi connectivity index (χ0v) is 20.1. The molecule has 2 aromatic rings. The van der Waals surface area contributed by atoms with E-state index in [4.69, 9.17) is 4.43 Å². The van der Waals surface area contributed by atoms with Gasteiger partial charge in [-0.2, -0.15) is 0 Å². The van der Waals surface area contributed by atoms with Crippen LogP contribution in [0.5, 0.6) is 0 Å². The normalized spacial score (nSPS) is 14.3. The van der Waals surface area contributed by atoms with Gasteiger partial charge in [-0.1, -0.05) is 99.7 Å². The second kappa shape index (κ2) is 9.07. The number of benzene rings is 2. The third-order valence-corrected chi connectivity index (χ3v) is 11.4. The molecule has 0 aliphatic carbocycles.